The molecule has 3 nitrogen and oxygen atoms in total. The molecule has 1 aliphatic rings. The smallest absolute Gasteiger partial charge is 0.186 e. The lowest BCUT2D eigenvalue weighted by atomic mass is 10.1. The molecule has 0 radical (unpaired) electrons. The number of carbonyl (C=O) groups excluding carboxylic acids is 1. The largest absolute Gasteiger partial charge is 0.376 e. The summed E-state index contributed by atoms with van der Waals surface area (Å²) in [7, 11) is 0. The Morgan fingerprint density at radius 2 is 2.39 bits per heavy atom. The van der Waals surface area contributed by atoms with Crippen molar-refractivity contribution in [2.75, 3.05) is 19.7 Å². The SMILES string of the molecule is CCC1COC(C)CN1CC(=O)c1ccc(Cl)s1. The van der Waals surface area contributed by atoms with E-state index >= 15 is 0 Å². The van der Waals surface area contributed by atoms with Crippen LogP contribution in [-0.2, 0) is 4.74 Å². The molecule has 2 atom stereocenters. The zero-order valence-electron chi connectivity index (χ0n) is 10.7. The van der Waals surface area contributed by atoms with E-state index < -0.39 is 0 Å². The van der Waals surface area contributed by atoms with Crippen LogP contribution in [-0.4, -0.2) is 42.5 Å². The lowest BCUT2D eigenvalue weighted by Gasteiger charge is -2.37. The van der Waals surface area contributed by atoms with Gasteiger partial charge in [-0.25, -0.2) is 0 Å². The van der Waals surface area contributed by atoms with Gasteiger partial charge in [-0.2, -0.15) is 0 Å². The van der Waals surface area contributed by atoms with Gasteiger partial charge in [-0.05, 0) is 25.5 Å². The van der Waals surface area contributed by atoms with Gasteiger partial charge in [0.05, 0.1) is 28.5 Å². The summed E-state index contributed by atoms with van der Waals surface area (Å²) < 4.78 is 6.30. The van der Waals surface area contributed by atoms with Crippen molar-refractivity contribution in [3.8, 4) is 0 Å². The van der Waals surface area contributed by atoms with Gasteiger partial charge in [-0.15, -0.1) is 11.3 Å². The third kappa shape index (κ3) is 3.32. The third-order valence-electron chi connectivity index (χ3n) is 3.25. The van der Waals surface area contributed by atoms with E-state index in [1.807, 2.05) is 6.92 Å². The monoisotopic (exact) mass is 287 g/mol. The highest BCUT2D eigenvalue weighted by molar-refractivity contribution is 7.18. The van der Waals surface area contributed by atoms with E-state index in [1.54, 1.807) is 12.1 Å². The minimum absolute atomic E-state index is 0.152. The van der Waals surface area contributed by atoms with Crippen LogP contribution in [0.1, 0.15) is 29.9 Å². The molecule has 1 aliphatic heterocycles. The summed E-state index contributed by atoms with van der Waals surface area (Å²) in [6.45, 7) is 6.18. The quantitative estimate of drug-likeness (QED) is 0.797. The van der Waals surface area contributed by atoms with Gasteiger partial charge >= 0.3 is 0 Å². The number of carbonyl (C=O) groups is 1. The number of Topliss-reactive ketones (excluding diaryl/α,β-unsaturated/α-hetero) is 1. The summed E-state index contributed by atoms with van der Waals surface area (Å²) in [5.41, 5.74) is 0. The molecule has 2 heterocycles. The maximum atomic E-state index is 12.2. The van der Waals surface area contributed by atoms with Crippen LogP contribution in [0.4, 0.5) is 0 Å². The second kappa shape index (κ2) is 6.15. The van der Waals surface area contributed by atoms with Crippen LogP contribution in [0.15, 0.2) is 12.1 Å². The fraction of sp³-hybridized carbons (Fsp3) is 0.615. The predicted molar refractivity (Wildman–Crippen MR) is 74.7 cm³/mol. The molecule has 0 bridgehead atoms. The Morgan fingerprint density at radius 3 is 3.00 bits per heavy atom. The summed E-state index contributed by atoms with van der Waals surface area (Å²) in [6.07, 6.45) is 1.21. The molecule has 1 aromatic rings. The van der Waals surface area contributed by atoms with Gasteiger partial charge in [-0.1, -0.05) is 18.5 Å². The van der Waals surface area contributed by atoms with Crippen molar-refractivity contribution in [3.63, 3.8) is 0 Å². The Hall–Kier alpha value is -0.420. The van der Waals surface area contributed by atoms with Crippen molar-refractivity contribution in [2.24, 2.45) is 0 Å². The molecule has 0 N–H and O–H groups in total. The average Bonchev–Trinajstić information content (AvgIpc) is 2.76. The Bertz CT molecular complexity index is 421. The number of rotatable bonds is 4. The second-order valence-electron chi connectivity index (χ2n) is 4.66. The van der Waals surface area contributed by atoms with Crippen LogP contribution in [0.2, 0.25) is 4.34 Å². The van der Waals surface area contributed by atoms with Crippen LogP contribution in [0.25, 0.3) is 0 Å². The fourth-order valence-corrected chi connectivity index (χ4v) is 3.18. The van der Waals surface area contributed by atoms with Gasteiger partial charge < -0.3 is 4.74 Å². The Kier molecular flexibility index (Phi) is 4.78. The van der Waals surface area contributed by atoms with Crippen LogP contribution < -0.4 is 0 Å². The van der Waals surface area contributed by atoms with E-state index in [9.17, 15) is 4.79 Å². The second-order valence-corrected chi connectivity index (χ2v) is 6.38. The maximum absolute atomic E-state index is 12.2. The normalized spacial score (nSPS) is 25.3. The van der Waals surface area contributed by atoms with E-state index in [0.29, 0.717) is 16.9 Å². The number of nitrogens with zero attached hydrogens (tertiary/aromatic N) is 1. The van der Waals surface area contributed by atoms with Gasteiger partial charge in [0.15, 0.2) is 5.78 Å². The fourth-order valence-electron chi connectivity index (χ4n) is 2.21. The average molecular weight is 288 g/mol. The molecule has 0 spiro atoms. The van der Waals surface area contributed by atoms with Crippen molar-refractivity contribution in [1.82, 2.24) is 4.90 Å². The first-order valence-corrected chi connectivity index (χ1v) is 7.43. The molecule has 0 aromatic carbocycles. The Morgan fingerprint density at radius 1 is 1.61 bits per heavy atom. The molecule has 1 fully saturated rings. The standard InChI is InChI=1S/C13H18ClNO2S/c1-3-10-8-17-9(2)6-15(10)7-11(16)12-4-5-13(14)18-12/h4-5,9-10H,3,6-8H2,1-2H3. The number of hydrogen-bond donors (Lipinski definition) is 0. The lowest BCUT2D eigenvalue weighted by Crippen LogP contribution is -2.50. The first kappa shape index (κ1) is 14.0. The molecule has 18 heavy (non-hydrogen) atoms. The highest BCUT2D eigenvalue weighted by Crippen LogP contribution is 2.23. The van der Waals surface area contributed by atoms with Crippen LogP contribution in [0.5, 0.6) is 0 Å². The number of morpholine rings is 1. The van der Waals surface area contributed by atoms with Gasteiger partial charge in [0, 0.05) is 12.6 Å². The van der Waals surface area contributed by atoms with Crippen molar-refractivity contribution >= 4 is 28.7 Å². The first-order chi connectivity index (χ1) is 8.60. The summed E-state index contributed by atoms with van der Waals surface area (Å²) in [6, 6.07) is 3.93. The topological polar surface area (TPSA) is 29.5 Å². The van der Waals surface area contributed by atoms with E-state index in [4.69, 9.17) is 16.3 Å². The number of ketones is 1. The highest BCUT2D eigenvalue weighted by atomic mass is 35.5. The van der Waals surface area contributed by atoms with Gasteiger partial charge in [0.2, 0.25) is 0 Å². The number of hydrogen-bond acceptors (Lipinski definition) is 4. The molecule has 2 unspecified atom stereocenters. The van der Waals surface area contributed by atoms with Crippen LogP contribution >= 0.6 is 22.9 Å². The maximum Gasteiger partial charge on any atom is 0.186 e. The zero-order chi connectivity index (χ0) is 13.1. The van der Waals surface area contributed by atoms with Crippen molar-refractivity contribution in [2.45, 2.75) is 32.4 Å². The first-order valence-electron chi connectivity index (χ1n) is 6.24. The molecule has 2 rings (SSSR count). The molecule has 100 valence electrons. The Labute approximate surface area is 117 Å². The lowest BCUT2D eigenvalue weighted by molar-refractivity contribution is -0.0523. The molecule has 1 aromatic heterocycles. The highest BCUT2D eigenvalue weighted by Gasteiger charge is 2.27. The summed E-state index contributed by atoms with van der Waals surface area (Å²) in [4.78, 5) is 15.1. The molecule has 0 aliphatic carbocycles. The number of thiophene rings is 1. The molecular weight excluding hydrogens is 270 g/mol. The van der Waals surface area contributed by atoms with Crippen molar-refractivity contribution < 1.29 is 9.53 Å². The minimum Gasteiger partial charge on any atom is -0.376 e. The summed E-state index contributed by atoms with van der Waals surface area (Å²) in [5.74, 6) is 0.152. The molecule has 0 amide bonds. The van der Waals surface area contributed by atoms with E-state index in [1.165, 1.54) is 11.3 Å². The van der Waals surface area contributed by atoms with Crippen LogP contribution in [0, 0.1) is 0 Å². The van der Waals surface area contributed by atoms with Gasteiger partial charge in [-0.3, -0.25) is 9.69 Å². The number of halogens is 1. The van der Waals surface area contributed by atoms with Crippen LogP contribution in [0.3, 0.4) is 0 Å². The van der Waals surface area contributed by atoms with Gasteiger partial charge in [0.25, 0.3) is 0 Å². The molecule has 1 saturated heterocycles. The van der Waals surface area contributed by atoms with Crippen molar-refractivity contribution in [1.29, 1.82) is 0 Å². The van der Waals surface area contributed by atoms with Crippen molar-refractivity contribution in [3.05, 3.63) is 21.3 Å². The Balaban J connectivity index is 2.00. The van der Waals surface area contributed by atoms with E-state index in [2.05, 4.69) is 11.8 Å². The van der Waals surface area contributed by atoms with Gasteiger partial charge in [0.1, 0.15) is 0 Å². The molecule has 5 heteroatoms. The van der Waals surface area contributed by atoms with E-state index in [0.717, 1.165) is 24.4 Å². The third-order valence-corrected chi connectivity index (χ3v) is 4.52. The number of ether oxygens (including phenoxy) is 1. The summed E-state index contributed by atoms with van der Waals surface area (Å²) >= 11 is 7.21. The predicted octanol–water partition coefficient (Wildman–Crippen LogP) is 3.08. The molecular formula is C13H18ClNO2S. The summed E-state index contributed by atoms with van der Waals surface area (Å²) in [5, 5.41) is 0. The minimum atomic E-state index is 0.152. The molecule has 0 saturated carbocycles. The zero-order valence-corrected chi connectivity index (χ0v) is 12.3. The van der Waals surface area contributed by atoms with E-state index in [-0.39, 0.29) is 11.9 Å².